The zero-order valence-electron chi connectivity index (χ0n) is 11.6. The number of hydrogen-bond donors (Lipinski definition) is 1. The number of carbonyl (C=O) groups excluding carboxylic acids is 1. The van der Waals surface area contributed by atoms with Gasteiger partial charge in [0.2, 0.25) is 0 Å². The summed E-state index contributed by atoms with van der Waals surface area (Å²) >= 11 is 9.03. The molecular weight excluding hydrogens is 336 g/mol. The first-order valence-corrected chi connectivity index (χ1v) is 8.88. The molecule has 0 spiro atoms. The van der Waals surface area contributed by atoms with Gasteiger partial charge in [0.15, 0.2) is 0 Å². The molecule has 0 aliphatic carbocycles. The smallest absolute Gasteiger partial charge is 0.270 e. The van der Waals surface area contributed by atoms with E-state index in [9.17, 15) is 4.79 Å². The molecule has 112 valence electrons. The summed E-state index contributed by atoms with van der Waals surface area (Å²) in [5.74, 6) is -0.131. The highest BCUT2D eigenvalue weighted by Gasteiger charge is 2.11. The number of benzene rings is 1. The fourth-order valence-corrected chi connectivity index (χ4v) is 3.59. The number of nitrogens with one attached hydrogen (secondary N) is 1. The first-order chi connectivity index (χ1) is 10.7. The molecule has 0 aliphatic rings. The zero-order valence-corrected chi connectivity index (χ0v) is 14.0. The van der Waals surface area contributed by atoms with Gasteiger partial charge in [-0.3, -0.25) is 4.79 Å². The molecule has 2 aromatic heterocycles. The van der Waals surface area contributed by atoms with Crippen molar-refractivity contribution in [3.63, 3.8) is 0 Å². The van der Waals surface area contributed by atoms with Crippen LogP contribution in [0, 0.1) is 0 Å². The topological polar surface area (TPSA) is 42.0 Å². The fraction of sp³-hybridized carbons (Fsp3) is 0.125. The van der Waals surface area contributed by atoms with Crippen LogP contribution in [0.4, 0.5) is 0 Å². The molecule has 22 heavy (non-hydrogen) atoms. The predicted molar refractivity (Wildman–Crippen MR) is 92.9 cm³/mol. The summed E-state index contributed by atoms with van der Waals surface area (Å²) < 4.78 is 0. The Kier molecular flexibility index (Phi) is 4.87. The van der Waals surface area contributed by atoms with Crippen LogP contribution in [0.3, 0.4) is 0 Å². The second-order valence-corrected chi connectivity index (χ2v) is 6.96. The highest BCUT2D eigenvalue weighted by molar-refractivity contribution is 7.13. The van der Waals surface area contributed by atoms with Crippen LogP contribution in [0.15, 0.2) is 47.2 Å². The van der Waals surface area contributed by atoms with Gasteiger partial charge in [-0.2, -0.15) is 0 Å². The van der Waals surface area contributed by atoms with E-state index >= 15 is 0 Å². The summed E-state index contributed by atoms with van der Waals surface area (Å²) in [6.07, 6.45) is 0.845. The second-order valence-electron chi connectivity index (χ2n) is 4.63. The van der Waals surface area contributed by atoms with E-state index < -0.39 is 0 Å². The van der Waals surface area contributed by atoms with Gasteiger partial charge >= 0.3 is 0 Å². The summed E-state index contributed by atoms with van der Waals surface area (Å²) in [6, 6.07) is 11.5. The average molecular weight is 349 g/mol. The third-order valence-electron chi connectivity index (χ3n) is 3.07. The van der Waals surface area contributed by atoms with Crippen molar-refractivity contribution in [1.29, 1.82) is 0 Å². The number of thiazole rings is 1. The van der Waals surface area contributed by atoms with Crippen molar-refractivity contribution in [2.45, 2.75) is 6.42 Å². The van der Waals surface area contributed by atoms with Crippen molar-refractivity contribution in [2.75, 3.05) is 6.54 Å². The summed E-state index contributed by atoms with van der Waals surface area (Å²) in [7, 11) is 0. The van der Waals surface area contributed by atoms with Crippen molar-refractivity contribution in [2.24, 2.45) is 0 Å². The molecule has 3 rings (SSSR count). The highest BCUT2D eigenvalue weighted by atomic mass is 35.5. The quantitative estimate of drug-likeness (QED) is 0.737. The van der Waals surface area contributed by atoms with Gasteiger partial charge in [-0.15, -0.1) is 22.7 Å². The van der Waals surface area contributed by atoms with Crippen LogP contribution in [-0.4, -0.2) is 17.4 Å². The third kappa shape index (κ3) is 3.74. The molecule has 0 saturated carbocycles. The molecule has 2 heterocycles. The molecule has 1 N–H and O–H groups in total. The maximum atomic E-state index is 12.1. The van der Waals surface area contributed by atoms with Gasteiger partial charge < -0.3 is 5.32 Å². The summed E-state index contributed by atoms with van der Waals surface area (Å²) in [5, 5.41) is 8.23. The molecule has 1 aromatic carbocycles. The minimum Gasteiger partial charge on any atom is -0.350 e. The van der Waals surface area contributed by atoms with Crippen molar-refractivity contribution < 1.29 is 4.79 Å². The summed E-state index contributed by atoms with van der Waals surface area (Å²) in [4.78, 5) is 17.7. The van der Waals surface area contributed by atoms with E-state index in [2.05, 4.69) is 16.4 Å². The number of carbonyl (C=O) groups is 1. The fourth-order valence-electron chi connectivity index (χ4n) is 1.95. The number of aromatic nitrogens is 1. The Morgan fingerprint density at radius 2 is 2.00 bits per heavy atom. The first-order valence-electron chi connectivity index (χ1n) is 6.74. The molecule has 0 bridgehead atoms. The summed E-state index contributed by atoms with van der Waals surface area (Å²) in [5.41, 5.74) is 1.42. The molecule has 0 fully saturated rings. The molecule has 0 atom stereocenters. The third-order valence-corrected chi connectivity index (χ3v) is 5.14. The lowest BCUT2D eigenvalue weighted by atomic mass is 10.2. The highest BCUT2D eigenvalue weighted by Crippen LogP contribution is 2.25. The zero-order chi connectivity index (χ0) is 15.4. The van der Waals surface area contributed by atoms with Crippen LogP contribution < -0.4 is 5.32 Å². The monoisotopic (exact) mass is 348 g/mol. The van der Waals surface area contributed by atoms with Gasteiger partial charge in [0, 0.05) is 27.4 Å². The van der Waals surface area contributed by atoms with E-state index in [1.165, 1.54) is 16.2 Å². The lowest BCUT2D eigenvalue weighted by molar-refractivity contribution is 0.0950. The normalized spacial score (nSPS) is 10.6. The van der Waals surface area contributed by atoms with Crippen LogP contribution >= 0.6 is 34.3 Å². The number of thiophene rings is 1. The predicted octanol–water partition coefficient (Wildman–Crippen LogP) is 4.50. The summed E-state index contributed by atoms with van der Waals surface area (Å²) in [6.45, 7) is 0.618. The number of halogens is 1. The van der Waals surface area contributed by atoms with Crippen molar-refractivity contribution in [1.82, 2.24) is 10.3 Å². The van der Waals surface area contributed by atoms with Crippen molar-refractivity contribution in [3.8, 4) is 10.6 Å². The Morgan fingerprint density at radius 1 is 1.18 bits per heavy atom. The van der Waals surface area contributed by atoms with Gasteiger partial charge in [0.25, 0.3) is 5.91 Å². The Labute approximate surface area is 141 Å². The first kappa shape index (κ1) is 15.2. The van der Waals surface area contributed by atoms with Gasteiger partial charge in [-0.1, -0.05) is 29.8 Å². The van der Waals surface area contributed by atoms with E-state index in [0.29, 0.717) is 17.3 Å². The molecule has 6 heteroatoms. The Bertz CT molecular complexity index is 751. The maximum absolute atomic E-state index is 12.1. The van der Waals surface area contributed by atoms with E-state index in [1.807, 2.05) is 35.7 Å². The lowest BCUT2D eigenvalue weighted by Crippen LogP contribution is -2.25. The molecular formula is C16H13ClN2OS2. The molecule has 0 radical (unpaired) electrons. The van der Waals surface area contributed by atoms with Crippen LogP contribution in [0.25, 0.3) is 10.6 Å². The Hall–Kier alpha value is -1.69. The minimum absolute atomic E-state index is 0.131. The van der Waals surface area contributed by atoms with Gasteiger partial charge in [0.05, 0.1) is 0 Å². The number of hydrogen-bond acceptors (Lipinski definition) is 4. The second kappa shape index (κ2) is 7.05. The van der Waals surface area contributed by atoms with E-state index in [-0.39, 0.29) is 5.91 Å². The van der Waals surface area contributed by atoms with E-state index in [1.54, 1.807) is 16.7 Å². The van der Waals surface area contributed by atoms with Gasteiger partial charge in [0.1, 0.15) is 10.7 Å². The number of amides is 1. The molecule has 1 amide bonds. The maximum Gasteiger partial charge on any atom is 0.270 e. The largest absolute Gasteiger partial charge is 0.350 e. The van der Waals surface area contributed by atoms with Crippen LogP contribution in [0.1, 0.15) is 15.4 Å². The molecule has 0 unspecified atom stereocenters. The van der Waals surface area contributed by atoms with Crippen molar-refractivity contribution >= 4 is 40.2 Å². The van der Waals surface area contributed by atoms with E-state index in [4.69, 9.17) is 11.6 Å². The Balaban J connectivity index is 1.60. The van der Waals surface area contributed by atoms with Crippen LogP contribution in [0.2, 0.25) is 5.02 Å². The minimum atomic E-state index is -0.131. The Morgan fingerprint density at radius 3 is 2.73 bits per heavy atom. The molecule has 3 nitrogen and oxygen atoms in total. The molecule has 3 aromatic rings. The average Bonchev–Trinajstić information content (AvgIpc) is 3.19. The lowest BCUT2D eigenvalue weighted by Gasteiger charge is -2.01. The standard InChI is InChI=1S/C16H13ClN2OS2/c17-12-5-3-11(4-6-12)16-19-14(10-22-16)15(20)18-8-7-13-2-1-9-21-13/h1-6,9-10H,7-8H2,(H,18,20). The van der Waals surface area contributed by atoms with Crippen molar-refractivity contribution in [3.05, 3.63) is 62.8 Å². The van der Waals surface area contributed by atoms with Gasteiger partial charge in [-0.05, 0) is 30.0 Å². The number of nitrogens with zero attached hydrogens (tertiary/aromatic N) is 1. The van der Waals surface area contributed by atoms with Gasteiger partial charge in [-0.25, -0.2) is 4.98 Å². The van der Waals surface area contributed by atoms with Crippen LogP contribution in [-0.2, 0) is 6.42 Å². The molecule has 0 aliphatic heterocycles. The molecule has 0 saturated heterocycles. The van der Waals surface area contributed by atoms with Crippen LogP contribution in [0.5, 0.6) is 0 Å². The number of rotatable bonds is 5. The van der Waals surface area contributed by atoms with E-state index in [0.717, 1.165) is 17.0 Å². The SMILES string of the molecule is O=C(NCCc1cccs1)c1csc(-c2ccc(Cl)cc2)n1.